The third kappa shape index (κ3) is 5.05. The summed E-state index contributed by atoms with van der Waals surface area (Å²) in [5.74, 6) is -2.27. The van der Waals surface area contributed by atoms with Gasteiger partial charge < -0.3 is 21.3 Å². The molecule has 5 N–H and O–H groups in total. The van der Waals surface area contributed by atoms with E-state index >= 15 is 0 Å². The molecule has 2 amide bonds. The lowest BCUT2D eigenvalue weighted by Crippen LogP contribution is -2.49. The Balaban J connectivity index is 1.76. The Labute approximate surface area is 142 Å². The van der Waals surface area contributed by atoms with Crippen LogP contribution in [0.5, 0.6) is 0 Å². The number of nitrogens with two attached hydrogens (primary N) is 1. The van der Waals surface area contributed by atoms with Crippen molar-refractivity contribution in [1.29, 1.82) is 0 Å². The minimum Gasteiger partial charge on any atom is -0.380 e. The second-order valence-electron chi connectivity index (χ2n) is 5.58. The molecule has 1 aliphatic rings. The van der Waals surface area contributed by atoms with Gasteiger partial charge in [0.25, 0.3) is 5.91 Å². The van der Waals surface area contributed by atoms with Crippen LogP contribution in [0.4, 0.5) is 4.39 Å². The second kappa shape index (κ2) is 8.27. The number of aliphatic hydroxyl groups excluding tert-OH is 2. The molecule has 0 saturated heterocycles. The molecule has 0 fully saturated rings. The molecule has 24 heavy (non-hydrogen) atoms. The summed E-state index contributed by atoms with van der Waals surface area (Å²) in [5, 5.41) is 23.3. The molecule has 1 aliphatic heterocycles. The lowest BCUT2D eigenvalue weighted by atomic mass is 10.0. The number of benzene rings is 1. The van der Waals surface area contributed by atoms with Gasteiger partial charge in [-0.2, -0.15) is 0 Å². The Bertz CT molecular complexity index is 635. The number of amides is 2. The standard InChI is InChI=1S/C16H19FN2O4S/c17-11-3-1-9(2-4-11)5-10-6-12(24-8-10)7-19-16(23)14(21)13(20)15(18)22/h1-4,8,12-14,20-21H,5-7H2,(H2,18,22)(H,19,23)/t12?,13-,14-/m1/s1. The first-order valence-corrected chi connectivity index (χ1v) is 8.32. The van der Waals surface area contributed by atoms with Crippen LogP contribution >= 0.6 is 11.8 Å². The fraction of sp³-hybridized carbons (Fsp3) is 0.375. The van der Waals surface area contributed by atoms with Crippen molar-refractivity contribution in [1.82, 2.24) is 5.32 Å². The van der Waals surface area contributed by atoms with Crippen LogP contribution < -0.4 is 11.1 Å². The van der Waals surface area contributed by atoms with Gasteiger partial charge in [-0.1, -0.05) is 17.7 Å². The number of thioether (sulfide) groups is 1. The van der Waals surface area contributed by atoms with Gasteiger partial charge in [0.1, 0.15) is 5.82 Å². The number of carbonyl (C=O) groups excluding carboxylic acids is 2. The maximum absolute atomic E-state index is 12.9. The zero-order valence-corrected chi connectivity index (χ0v) is 13.6. The minimum atomic E-state index is -1.92. The maximum atomic E-state index is 12.9. The van der Waals surface area contributed by atoms with Gasteiger partial charge in [-0.25, -0.2) is 4.39 Å². The zero-order chi connectivity index (χ0) is 17.7. The van der Waals surface area contributed by atoms with Crippen LogP contribution in [0.1, 0.15) is 12.0 Å². The van der Waals surface area contributed by atoms with Crippen LogP contribution in [-0.2, 0) is 16.0 Å². The molecule has 0 spiro atoms. The van der Waals surface area contributed by atoms with Crippen LogP contribution in [0.25, 0.3) is 0 Å². The molecule has 130 valence electrons. The smallest absolute Gasteiger partial charge is 0.252 e. The van der Waals surface area contributed by atoms with Crippen molar-refractivity contribution in [3.63, 3.8) is 0 Å². The van der Waals surface area contributed by atoms with E-state index in [0.29, 0.717) is 6.42 Å². The van der Waals surface area contributed by atoms with Crippen molar-refractivity contribution in [2.24, 2.45) is 5.73 Å². The van der Waals surface area contributed by atoms with E-state index in [4.69, 9.17) is 5.73 Å². The molecule has 1 heterocycles. The number of aliphatic hydroxyl groups is 2. The summed E-state index contributed by atoms with van der Waals surface area (Å²) in [6.07, 6.45) is -2.34. The lowest BCUT2D eigenvalue weighted by molar-refractivity contribution is -0.144. The molecule has 0 aliphatic carbocycles. The van der Waals surface area contributed by atoms with E-state index in [0.717, 1.165) is 12.0 Å². The Morgan fingerprint density at radius 2 is 1.96 bits per heavy atom. The van der Waals surface area contributed by atoms with Gasteiger partial charge in [-0.15, -0.1) is 11.8 Å². The molecule has 1 aromatic rings. The third-order valence-electron chi connectivity index (χ3n) is 3.62. The molecule has 0 aromatic heterocycles. The minimum absolute atomic E-state index is 0.0994. The Morgan fingerprint density at radius 1 is 1.29 bits per heavy atom. The number of halogens is 1. The normalized spacial score (nSPS) is 19.5. The van der Waals surface area contributed by atoms with Gasteiger partial charge in [0.05, 0.1) is 0 Å². The van der Waals surface area contributed by atoms with Gasteiger partial charge in [0.2, 0.25) is 5.91 Å². The average molecular weight is 354 g/mol. The monoisotopic (exact) mass is 354 g/mol. The molecule has 0 bridgehead atoms. The molecular weight excluding hydrogens is 335 g/mol. The number of hydrogen-bond donors (Lipinski definition) is 4. The summed E-state index contributed by atoms with van der Waals surface area (Å²) in [6, 6.07) is 6.30. The Morgan fingerprint density at radius 3 is 2.58 bits per heavy atom. The first-order valence-electron chi connectivity index (χ1n) is 7.38. The number of hydrogen-bond acceptors (Lipinski definition) is 5. The zero-order valence-electron chi connectivity index (χ0n) is 12.8. The Hall–Kier alpha value is -1.90. The van der Waals surface area contributed by atoms with Gasteiger partial charge in [0.15, 0.2) is 12.2 Å². The number of allylic oxidation sites excluding steroid dienone is 1. The highest BCUT2D eigenvalue weighted by Gasteiger charge is 2.29. The highest BCUT2D eigenvalue weighted by Crippen LogP contribution is 2.31. The molecule has 8 heteroatoms. The number of nitrogens with one attached hydrogen (secondary N) is 1. The third-order valence-corrected chi connectivity index (χ3v) is 4.81. The van der Waals surface area contributed by atoms with E-state index in [9.17, 15) is 24.2 Å². The summed E-state index contributed by atoms with van der Waals surface area (Å²) in [7, 11) is 0. The molecular formula is C16H19FN2O4S. The van der Waals surface area contributed by atoms with Crippen molar-refractivity contribution in [3.8, 4) is 0 Å². The fourth-order valence-electron chi connectivity index (χ4n) is 2.30. The summed E-state index contributed by atoms with van der Waals surface area (Å²) >= 11 is 1.55. The van der Waals surface area contributed by atoms with E-state index in [1.54, 1.807) is 23.9 Å². The molecule has 3 atom stereocenters. The molecule has 1 unspecified atom stereocenters. The van der Waals surface area contributed by atoms with Crippen LogP contribution in [-0.4, -0.2) is 46.0 Å². The number of rotatable bonds is 7. The van der Waals surface area contributed by atoms with Crippen LogP contribution in [0.15, 0.2) is 35.2 Å². The largest absolute Gasteiger partial charge is 0.380 e. The van der Waals surface area contributed by atoms with Crippen LogP contribution in [0, 0.1) is 5.82 Å². The van der Waals surface area contributed by atoms with E-state index in [-0.39, 0.29) is 17.6 Å². The van der Waals surface area contributed by atoms with Crippen molar-refractivity contribution < 1.29 is 24.2 Å². The molecule has 2 rings (SSSR count). The lowest BCUT2D eigenvalue weighted by Gasteiger charge is -2.16. The quantitative estimate of drug-likeness (QED) is 0.554. The van der Waals surface area contributed by atoms with E-state index in [1.807, 2.05) is 5.41 Å². The number of carbonyl (C=O) groups is 2. The van der Waals surface area contributed by atoms with Gasteiger partial charge >= 0.3 is 0 Å². The van der Waals surface area contributed by atoms with Gasteiger partial charge in [-0.05, 0) is 35.9 Å². The predicted molar refractivity (Wildman–Crippen MR) is 88.4 cm³/mol. The first kappa shape index (κ1) is 18.4. The molecule has 0 radical (unpaired) electrons. The van der Waals surface area contributed by atoms with E-state index < -0.39 is 24.0 Å². The summed E-state index contributed by atoms with van der Waals surface area (Å²) in [5.41, 5.74) is 7.01. The number of primary amides is 1. The molecule has 1 aromatic carbocycles. The van der Waals surface area contributed by atoms with Gasteiger partial charge in [-0.3, -0.25) is 9.59 Å². The summed E-state index contributed by atoms with van der Waals surface area (Å²) in [4.78, 5) is 22.4. The second-order valence-corrected chi connectivity index (χ2v) is 6.75. The maximum Gasteiger partial charge on any atom is 0.252 e. The molecule has 0 saturated carbocycles. The van der Waals surface area contributed by atoms with E-state index in [2.05, 4.69) is 5.32 Å². The highest BCUT2D eigenvalue weighted by molar-refractivity contribution is 8.03. The van der Waals surface area contributed by atoms with Crippen molar-refractivity contribution in [2.45, 2.75) is 30.3 Å². The van der Waals surface area contributed by atoms with Gasteiger partial charge in [0, 0.05) is 11.8 Å². The Kier molecular flexibility index (Phi) is 6.36. The predicted octanol–water partition coefficient (Wildman–Crippen LogP) is 0.0809. The topological polar surface area (TPSA) is 113 Å². The SMILES string of the molecule is NC(=O)[C@H](O)[C@@H](O)C(=O)NCC1CC(Cc2ccc(F)cc2)=CS1. The van der Waals surface area contributed by atoms with Crippen molar-refractivity contribution >= 4 is 23.6 Å². The summed E-state index contributed by atoms with van der Waals surface area (Å²) in [6.45, 7) is 0.287. The van der Waals surface area contributed by atoms with Crippen LogP contribution in [0.3, 0.4) is 0 Å². The van der Waals surface area contributed by atoms with E-state index in [1.165, 1.54) is 17.7 Å². The van der Waals surface area contributed by atoms with Crippen molar-refractivity contribution in [3.05, 3.63) is 46.6 Å². The first-order chi connectivity index (χ1) is 11.4. The fourth-order valence-corrected chi connectivity index (χ4v) is 3.35. The van der Waals surface area contributed by atoms with Crippen LogP contribution in [0.2, 0.25) is 0 Å². The molecule has 6 nitrogen and oxygen atoms in total. The summed E-state index contributed by atoms with van der Waals surface area (Å²) < 4.78 is 12.9. The average Bonchev–Trinajstić information content (AvgIpc) is 3.00. The van der Waals surface area contributed by atoms with Crippen molar-refractivity contribution in [2.75, 3.05) is 6.54 Å². The highest BCUT2D eigenvalue weighted by atomic mass is 32.2.